The van der Waals surface area contributed by atoms with Crippen molar-refractivity contribution in [2.75, 3.05) is 18.1 Å². The third-order valence-electron chi connectivity index (χ3n) is 3.24. The fraction of sp³-hybridized carbons (Fsp3) is 0.571. The molecule has 18 heavy (non-hydrogen) atoms. The van der Waals surface area contributed by atoms with Gasteiger partial charge >= 0.3 is 0 Å². The predicted molar refractivity (Wildman–Crippen MR) is 77.6 cm³/mol. The van der Waals surface area contributed by atoms with Crippen molar-refractivity contribution in [3.63, 3.8) is 0 Å². The van der Waals surface area contributed by atoms with Crippen LogP contribution in [0.4, 0.5) is 0 Å². The molecule has 1 aromatic rings. The normalized spacial score (nSPS) is 21.8. The summed E-state index contributed by atoms with van der Waals surface area (Å²) in [5.41, 5.74) is 5.53. The van der Waals surface area contributed by atoms with Gasteiger partial charge in [0.25, 0.3) is 0 Å². The van der Waals surface area contributed by atoms with Gasteiger partial charge in [0, 0.05) is 11.5 Å². The van der Waals surface area contributed by atoms with Crippen molar-refractivity contribution in [2.24, 2.45) is 5.84 Å². The van der Waals surface area contributed by atoms with E-state index >= 15 is 0 Å². The first-order valence-corrected chi connectivity index (χ1v) is 7.75. The van der Waals surface area contributed by atoms with E-state index in [0.29, 0.717) is 0 Å². The van der Waals surface area contributed by atoms with Crippen LogP contribution in [-0.2, 0) is 11.2 Å². The largest absolute Gasteiger partial charge is 0.374 e. The quantitative estimate of drug-likeness (QED) is 0.634. The van der Waals surface area contributed by atoms with Gasteiger partial charge in [-0.25, -0.2) is 0 Å². The second-order valence-corrected chi connectivity index (χ2v) is 5.77. The molecule has 0 amide bonds. The lowest BCUT2D eigenvalue weighted by molar-refractivity contribution is 0.0468. The van der Waals surface area contributed by atoms with Crippen LogP contribution in [0, 0.1) is 0 Å². The molecule has 2 rings (SSSR count). The first-order chi connectivity index (χ1) is 8.85. The molecule has 1 aliphatic rings. The molecule has 1 heterocycles. The molecule has 0 saturated carbocycles. The van der Waals surface area contributed by atoms with Gasteiger partial charge in [-0.3, -0.25) is 11.3 Å². The van der Waals surface area contributed by atoms with E-state index in [1.807, 2.05) is 11.8 Å². The summed E-state index contributed by atoms with van der Waals surface area (Å²) in [6, 6.07) is 8.76. The summed E-state index contributed by atoms with van der Waals surface area (Å²) in [4.78, 5) is 0. The summed E-state index contributed by atoms with van der Waals surface area (Å²) >= 11 is 1.94. The fourth-order valence-electron chi connectivity index (χ4n) is 2.35. The molecule has 0 aliphatic carbocycles. The minimum absolute atomic E-state index is 0.0922. The number of nitrogens with one attached hydrogen (secondary N) is 1. The van der Waals surface area contributed by atoms with E-state index in [1.165, 1.54) is 17.5 Å². The van der Waals surface area contributed by atoms with E-state index < -0.39 is 0 Å². The molecule has 1 aliphatic heterocycles. The number of aryl methyl sites for hydroxylation is 1. The Labute approximate surface area is 113 Å². The number of hydrazine groups is 1. The van der Waals surface area contributed by atoms with Crippen molar-refractivity contribution in [3.8, 4) is 0 Å². The summed E-state index contributed by atoms with van der Waals surface area (Å²) < 4.78 is 5.82. The van der Waals surface area contributed by atoms with Gasteiger partial charge in [0.2, 0.25) is 0 Å². The molecule has 4 heteroatoms. The van der Waals surface area contributed by atoms with Gasteiger partial charge in [-0.05, 0) is 17.5 Å². The van der Waals surface area contributed by atoms with Crippen LogP contribution in [0.1, 0.15) is 30.5 Å². The van der Waals surface area contributed by atoms with Crippen LogP contribution in [-0.4, -0.2) is 24.2 Å². The van der Waals surface area contributed by atoms with Crippen molar-refractivity contribution in [3.05, 3.63) is 35.4 Å². The molecule has 2 unspecified atom stereocenters. The number of thioether (sulfide) groups is 1. The molecular formula is C14H22N2OS. The Bertz CT molecular complexity index is 367. The van der Waals surface area contributed by atoms with Gasteiger partial charge in [-0.1, -0.05) is 37.6 Å². The average Bonchev–Trinajstić information content (AvgIpc) is 2.42. The lowest BCUT2D eigenvalue weighted by Gasteiger charge is -2.30. The van der Waals surface area contributed by atoms with E-state index in [1.54, 1.807) is 0 Å². The van der Waals surface area contributed by atoms with Crippen LogP contribution in [0.15, 0.2) is 24.3 Å². The Hall–Kier alpha value is -0.550. The molecule has 1 aromatic carbocycles. The van der Waals surface area contributed by atoms with Gasteiger partial charge in [0.05, 0.1) is 18.8 Å². The Morgan fingerprint density at radius 1 is 1.56 bits per heavy atom. The first-order valence-electron chi connectivity index (χ1n) is 6.59. The molecule has 2 atom stereocenters. The molecule has 1 fully saturated rings. The van der Waals surface area contributed by atoms with E-state index in [4.69, 9.17) is 10.6 Å². The van der Waals surface area contributed by atoms with Crippen LogP contribution in [0.5, 0.6) is 0 Å². The summed E-state index contributed by atoms with van der Waals surface area (Å²) in [6.45, 7) is 3.02. The SMILES string of the molecule is CCCc1cccc(C(NN)C2CSCCO2)c1. The molecule has 3 nitrogen and oxygen atoms in total. The molecule has 3 N–H and O–H groups in total. The van der Waals surface area contributed by atoms with Gasteiger partial charge in [0.15, 0.2) is 0 Å². The Balaban J connectivity index is 2.12. The molecule has 100 valence electrons. The van der Waals surface area contributed by atoms with Gasteiger partial charge in [-0.15, -0.1) is 0 Å². The van der Waals surface area contributed by atoms with E-state index in [9.17, 15) is 0 Å². The summed E-state index contributed by atoms with van der Waals surface area (Å²) in [5, 5.41) is 0. The number of nitrogens with two attached hydrogens (primary N) is 1. The van der Waals surface area contributed by atoms with Crippen LogP contribution >= 0.6 is 11.8 Å². The van der Waals surface area contributed by atoms with Crippen molar-refractivity contribution in [2.45, 2.75) is 31.9 Å². The fourth-order valence-corrected chi connectivity index (χ4v) is 3.25. The van der Waals surface area contributed by atoms with Crippen LogP contribution < -0.4 is 11.3 Å². The van der Waals surface area contributed by atoms with Crippen LogP contribution in [0.3, 0.4) is 0 Å². The van der Waals surface area contributed by atoms with Crippen molar-refractivity contribution in [1.29, 1.82) is 0 Å². The highest BCUT2D eigenvalue weighted by Crippen LogP contribution is 2.25. The zero-order chi connectivity index (χ0) is 12.8. The Morgan fingerprint density at radius 2 is 2.44 bits per heavy atom. The number of rotatable bonds is 5. The lowest BCUT2D eigenvalue weighted by atomic mass is 9.99. The number of hydrogen-bond donors (Lipinski definition) is 2. The zero-order valence-corrected chi connectivity index (χ0v) is 11.7. The summed E-state index contributed by atoms with van der Waals surface area (Å²) in [7, 11) is 0. The Morgan fingerprint density at radius 3 is 3.11 bits per heavy atom. The van der Waals surface area contributed by atoms with Gasteiger partial charge in [-0.2, -0.15) is 11.8 Å². The summed E-state index contributed by atoms with van der Waals surface area (Å²) in [5.74, 6) is 7.81. The van der Waals surface area contributed by atoms with Crippen molar-refractivity contribution in [1.82, 2.24) is 5.43 Å². The number of ether oxygens (including phenoxy) is 1. The molecular weight excluding hydrogens is 244 g/mol. The zero-order valence-electron chi connectivity index (χ0n) is 10.9. The minimum atomic E-state index is 0.0922. The van der Waals surface area contributed by atoms with Crippen LogP contribution in [0.25, 0.3) is 0 Å². The molecule has 0 spiro atoms. The first kappa shape index (κ1) is 13.9. The highest BCUT2D eigenvalue weighted by atomic mass is 32.2. The van der Waals surface area contributed by atoms with E-state index in [0.717, 1.165) is 24.5 Å². The third kappa shape index (κ3) is 3.48. The second kappa shape index (κ2) is 7.14. The van der Waals surface area contributed by atoms with Crippen molar-refractivity contribution >= 4 is 11.8 Å². The van der Waals surface area contributed by atoms with Crippen LogP contribution in [0.2, 0.25) is 0 Å². The smallest absolute Gasteiger partial charge is 0.0873 e. The highest BCUT2D eigenvalue weighted by molar-refractivity contribution is 7.99. The molecule has 0 bridgehead atoms. The maximum Gasteiger partial charge on any atom is 0.0873 e. The Kier molecular flexibility index (Phi) is 5.50. The van der Waals surface area contributed by atoms with Gasteiger partial charge < -0.3 is 4.74 Å². The molecule has 0 aromatic heterocycles. The number of hydrogen-bond acceptors (Lipinski definition) is 4. The topological polar surface area (TPSA) is 47.3 Å². The predicted octanol–water partition coefficient (Wildman–Crippen LogP) is 2.28. The van der Waals surface area contributed by atoms with E-state index in [-0.39, 0.29) is 12.1 Å². The minimum Gasteiger partial charge on any atom is -0.374 e. The third-order valence-corrected chi connectivity index (χ3v) is 4.26. The maximum atomic E-state index is 5.82. The highest BCUT2D eigenvalue weighted by Gasteiger charge is 2.25. The monoisotopic (exact) mass is 266 g/mol. The summed E-state index contributed by atoms with van der Waals surface area (Å²) in [6.07, 6.45) is 2.45. The standard InChI is InChI=1S/C14H22N2OS/c1-2-4-11-5-3-6-12(9-11)14(16-15)13-10-18-8-7-17-13/h3,5-6,9,13-14,16H,2,4,7-8,10,15H2,1H3. The van der Waals surface area contributed by atoms with E-state index in [2.05, 4.69) is 36.6 Å². The second-order valence-electron chi connectivity index (χ2n) is 4.62. The van der Waals surface area contributed by atoms with Crippen molar-refractivity contribution < 1.29 is 4.74 Å². The van der Waals surface area contributed by atoms with Gasteiger partial charge in [0.1, 0.15) is 0 Å². The molecule has 0 radical (unpaired) electrons. The lowest BCUT2D eigenvalue weighted by Crippen LogP contribution is -2.41. The maximum absolute atomic E-state index is 5.82. The number of benzene rings is 1. The average molecular weight is 266 g/mol. The molecule has 1 saturated heterocycles.